The van der Waals surface area contributed by atoms with Crippen molar-refractivity contribution in [3.63, 3.8) is 0 Å². The number of hydrogen-bond acceptors (Lipinski definition) is 3. The van der Waals surface area contributed by atoms with Crippen molar-refractivity contribution >= 4 is 5.91 Å². The van der Waals surface area contributed by atoms with Crippen LogP contribution in [0.1, 0.15) is 43.7 Å². The first-order valence-electron chi connectivity index (χ1n) is 9.00. The van der Waals surface area contributed by atoms with Gasteiger partial charge < -0.3 is 14.8 Å². The summed E-state index contributed by atoms with van der Waals surface area (Å²) in [6.45, 7) is 3.02. The predicted molar refractivity (Wildman–Crippen MR) is 89.3 cm³/mol. The van der Waals surface area contributed by atoms with Gasteiger partial charge in [0.2, 0.25) is 5.91 Å². The van der Waals surface area contributed by atoms with Crippen molar-refractivity contribution in [2.24, 2.45) is 5.92 Å². The van der Waals surface area contributed by atoms with Crippen molar-refractivity contribution in [2.45, 2.75) is 57.1 Å². The van der Waals surface area contributed by atoms with Crippen molar-refractivity contribution < 1.29 is 27.4 Å². The molecule has 26 heavy (non-hydrogen) atoms. The molecule has 0 unspecified atom stereocenters. The molecule has 1 saturated carbocycles. The Kier molecular flexibility index (Phi) is 5.58. The van der Waals surface area contributed by atoms with E-state index in [1.807, 2.05) is 0 Å². The fourth-order valence-electron chi connectivity index (χ4n) is 3.47. The highest BCUT2D eigenvalue weighted by molar-refractivity contribution is 5.78. The number of nitrogens with one attached hydrogen (secondary N) is 1. The van der Waals surface area contributed by atoms with Gasteiger partial charge in [0.25, 0.3) is 0 Å². The smallest absolute Gasteiger partial charge is 0.353 e. The van der Waals surface area contributed by atoms with E-state index < -0.39 is 17.5 Å². The molecule has 1 atom stereocenters. The second-order valence-corrected chi connectivity index (χ2v) is 7.32. The molecule has 1 amide bonds. The Bertz CT molecular complexity index is 622. The van der Waals surface area contributed by atoms with Crippen LogP contribution >= 0.6 is 0 Å². The van der Waals surface area contributed by atoms with Crippen molar-refractivity contribution in [1.29, 1.82) is 0 Å². The van der Waals surface area contributed by atoms with Gasteiger partial charge >= 0.3 is 6.18 Å². The number of rotatable bonds is 4. The fraction of sp³-hybridized carbons (Fsp3) is 0.632. The number of halogens is 3. The van der Waals surface area contributed by atoms with Gasteiger partial charge in [-0.1, -0.05) is 19.1 Å². The second-order valence-electron chi connectivity index (χ2n) is 7.32. The number of hydrogen-bond donors (Lipinski definition) is 1. The van der Waals surface area contributed by atoms with Crippen LogP contribution < -0.4 is 5.32 Å². The molecule has 1 aliphatic carbocycles. The molecule has 7 heteroatoms. The molecule has 4 nitrogen and oxygen atoms in total. The third-order valence-electron chi connectivity index (χ3n) is 5.12. The summed E-state index contributed by atoms with van der Waals surface area (Å²) >= 11 is 0. The molecular formula is C19H24F3NO3. The third kappa shape index (κ3) is 4.76. The molecule has 1 aromatic carbocycles. The van der Waals surface area contributed by atoms with Crippen molar-refractivity contribution in [3.05, 3.63) is 35.4 Å². The summed E-state index contributed by atoms with van der Waals surface area (Å²) in [7, 11) is 0. The Labute approximate surface area is 151 Å². The van der Waals surface area contributed by atoms with Gasteiger partial charge in [0.1, 0.15) is 6.10 Å². The molecule has 2 fully saturated rings. The van der Waals surface area contributed by atoms with E-state index in [0.717, 1.165) is 37.8 Å². The van der Waals surface area contributed by atoms with E-state index in [4.69, 9.17) is 9.47 Å². The standard InChI is InChI=1S/C19H24F3NO3/c1-13-6-8-18(9-7-13)25-12-16(26-18)11-23-17(24)10-14-2-4-15(5-3-14)19(20,21)22/h2-5,13,16H,6-12H2,1H3,(H,23,24)/t13?,16-,18?/m1/s1. The number of carbonyl (C=O) groups is 1. The quantitative estimate of drug-likeness (QED) is 0.878. The predicted octanol–water partition coefficient (Wildman–Crippen LogP) is 3.69. The van der Waals surface area contributed by atoms with E-state index in [1.54, 1.807) is 0 Å². The number of alkyl halides is 3. The molecule has 1 aliphatic heterocycles. The zero-order valence-electron chi connectivity index (χ0n) is 14.8. The minimum Gasteiger partial charge on any atom is -0.353 e. The average molecular weight is 371 g/mol. The van der Waals surface area contributed by atoms with Crippen LogP contribution in [0.5, 0.6) is 0 Å². The van der Waals surface area contributed by atoms with Crippen LogP contribution in [0.2, 0.25) is 0 Å². The fourth-order valence-corrected chi connectivity index (χ4v) is 3.47. The normalized spacial score (nSPS) is 29.1. The average Bonchev–Trinajstić information content (AvgIpc) is 2.99. The van der Waals surface area contributed by atoms with E-state index in [2.05, 4.69) is 12.2 Å². The van der Waals surface area contributed by atoms with Gasteiger partial charge in [-0.25, -0.2) is 0 Å². The van der Waals surface area contributed by atoms with Gasteiger partial charge in [0.05, 0.1) is 18.6 Å². The van der Waals surface area contributed by atoms with Gasteiger partial charge in [0, 0.05) is 19.4 Å². The van der Waals surface area contributed by atoms with Crippen LogP contribution in [0.4, 0.5) is 13.2 Å². The van der Waals surface area contributed by atoms with Crippen molar-refractivity contribution in [3.8, 4) is 0 Å². The summed E-state index contributed by atoms with van der Waals surface area (Å²) in [4.78, 5) is 12.0. The minimum absolute atomic E-state index is 0.0361. The Morgan fingerprint density at radius 3 is 2.50 bits per heavy atom. The summed E-state index contributed by atoms with van der Waals surface area (Å²) in [5.74, 6) is -0.0446. The summed E-state index contributed by atoms with van der Waals surface area (Å²) in [5, 5.41) is 2.78. The molecule has 1 heterocycles. The van der Waals surface area contributed by atoms with Crippen LogP contribution in [-0.4, -0.2) is 30.9 Å². The zero-order chi connectivity index (χ0) is 18.8. The second kappa shape index (κ2) is 7.56. The lowest BCUT2D eigenvalue weighted by molar-refractivity contribution is -0.191. The molecule has 0 bridgehead atoms. The van der Waals surface area contributed by atoms with E-state index in [-0.39, 0.29) is 18.4 Å². The Morgan fingerprint density at radius 1 is 1.23 bits per heavy atom. The van der Waals surface area contributed by atoms with Gasteiger partial charge in [-0.05, 0) is 36.5 Å². The summed E-state index contributed by atoms with van der Waals surface area (Å²) in [6.07, 6.45) is -0.601. The van der Waals surface area contributed by atoms with Gasteiger partial charge in [-0.15, -0.1) is 0 Å². The van der Waals surface area contributed by atoms with E-state index in [1.165, 1.54) is 12.1 Å². The first-order chi connectivity index (χ1) is 12.3. The Balaban J connectivity index is 1.43. The number of benzene rings is 1. The van der Waals surface area contributed by atoms with Crippen molar-refractivity contribution in [1.82, 2.24) is 5.32 Å². The topological polar surface area (TPSA) is 47.6 Å². The number of ether oxygens (including phenoxy) is 2. The molecule has 0 aromatic heterocycles. The molecule has 3 rings (SSSR count). The monoisotopic (exact) mass is 371 g/mol. The number of carbonyl (C=O) groups excluding carboxylic acids is 1. The molecule has 1 aromatic rings. The van der Waals surface area contributed by atoms with Gasteiger partial charge in [-0.3, -0.25) is 4.79 Å². The lowest BCUT2D eigenvalue weighted by atomic mass is 9.86. The SMILES string of the molecule is CC1CCC2(CC1)OC[C@@H](CNC(=O)Cc1ccc(C(F)(F)F)cc1)O2. The molecular weight excluding hydrogens is 347 g/mol. The van der Waals surface area contributed by atoms with Crippen LogP contribution in [-0.2, 0) is 26.9 Å². The first-order valence-corrected chi connectivity index (χ1v) is 9.00. The van der Waals surface area contributed by atoms with Crippen LogP contribution in [0, 0.1) is 5.92 Å². The van der Waals surface area contributed by atoms with Crippen molar-refractivity contribution in [2.75, 3.05) is 13.2 Å². The Hall–Kier alpha value is -1.60. The molecule has 1 saturated heterocycles. The minimum atomic E-state index is -4.37. The van der Waals surface area contributed by atoms with Gasteiger partial charge in [-0.2, -0.15) is 13.2 Å². The molecule has 0 radical (unpaired) electrons. The highest BCUT2D eigenvalue weighted by atomic mass is 19.4. The highest BCUT2D eigenvalue weighted by Crippen LogP contribution is 2.39. The molecule has 2 aliphatic rings. The van der Waals surface area contributed by atoms with Gasteiger partial charge in [0.15, 0.2) is 5.79 Å². The molecule has 1 spiro atoms. The highest BCUT2D eigenvalue weighted by Gasteiger charge is 2.43. The largest absolute Gasteiger partial charge is 0.416 e. The summed E-state index contributed by atoms with van der Waals surface area (Å²) in [6, 6.07) is 4.64. The zero-order valence-corrected chi connectivity index (χ0v) is 14.8. The summed E-state index contributed by atoms with van der Waals surface area (Å²) < 4.78 is 49.5. The van der Waals surface area contributed by atoms with E-state index >= 15 is 0 Å². The molecule has 1 N–H and O–H groups in total. The van der Waals surface area contributed by atoms with Crippen LogP contribution in [0.15, 0.2) is 24.3 Å². The maximum atomic E-state index is 12.5. The summed E-state index contributed by atoms with van der Waals surface area (Å²) in [5.41, 5.74) is -0.179. The lowest BCUT2D eigenvalue weighted by Gasteiger charge is -2.34. The van der Waals surface area contributed by atoms with E-state index in [9.17, 15) is 18.0 Å². The van der Waals surface area contributed by atoms with Crippen LogP contribution in [0.3, 0.4) is 0 Å². The lowest BCUT2D eigenvalue weighted by Crippen LogP contribution is -2.38. The Morgan fingerprint density at radius 2 is 1.88 bits per heavy atom. The van der Waals surface area contributed by atoms with E-state index in [0.29, 0.717) is 24.6 Å². The number of amides is 1. The first kappa shape index (κ1) is 19.2. The maximum absolute atomic E-state index is 12.5. The maximum Gasteiger partial charge on any atom is 0.416 e. The van der Waals surface area contributed by atoms with Crippen LogP contribution in [0.25, 0.3) is 0 Å². The third-order valence-corrected chi connectivity index (χ3v) is 5.12. The molecule has 144 valence electrons.